The van der Waals surface area contributed by atoms with Crippen LogP contribution in [0.25, 0.3) is 0 Å². The van der Waals surface area contributed by atoms with Crippen LogP contribution in [0, 0.1) is 0 Å². The third kappa shape index (κ3) is 10.3. The van der Waals surface area contributed by atoms with Crippen molar-refractivity contribution in [3.8, 4) is 0 Å². The second-order valence-electron chi connectivity index (χ2n) is 2.90. The molecule has 0 fully saturated rings. The summed E-state index contributed by atoms with van der Waals surface area (Å²) in [6, 6.07) is 0. The van der Waals surface area contributed by atoms with E-state index >= 15 is 0 Å². The lowest BCUT2D eigenvalue weighted by Gasteiger charge is -2.02. The molecule has 0 aliphatic heterocycles. The van der Waals surface area contributed by atoms with Crippen molar-refractivity contribution in [2.75, 3.05) is 11.5 Å². The minimum absolute atomic E-state index is 0.103. The molecule has 0 amide bonds. The summed E-state index contributed by atoms with van der Waals surface area (Å²) >= 11 is 2.00. The van der Waals surface area contributed by atoms with E-state index in [1.54, 1.807) is 0 Å². The van der Waals surface area contributed by atoms with Gasteiger partial charge >= 0.3 is 0 Å². The molecule has 1 unspecified atom stereocenters. The predicted octanol–water partition coefficient (Wildman–Crippen LogP) is 2.68. The fourth-order valence-electron chi connectivity index (χ4n) is 0.965. The number of unbranched alkanes of at least 4 members (excludes halogenated alkanes) is 2. The Morgan fingerprint density at radius 3 is 2.55 bits per heavy atom. The van der Waals surface area contributed by atoms with E-state index < -0.39 is 0 Å². The molecule has 0 spiro atoms. The molecule has 1 N–H and O–H groups in total. The Balaban J connectivity index is 2.80. The third-order valence-electron chi connectivity index (χ3n) is 1.61. The number of rotatable bonds is 7. The summed E-state index contributed by atoms with van der Waals surface area (Å²) in [5.74, 6) is 2.52. The first kappa shape index (κ1) is 11.3. The number of aliphatic hydroxyl groups excluding tert-OH is 1. The number of aliphatic hydroxyl groups is 1. The van der Waals surface area contributed by atoms with Crippen molar-refractivity contribution in [1.29, 1.82) is 0 Å². The summed E-state index contributed by atoms with van der Waals surface area (Å²) in [6.07, 6.45) is 4.64. The van der Waals surface area contributed by atoms with E-state index in [-0.39, 0.29) is 6.10 Å². The first-order valence-electron chi connectivity index (χ1n) is 4.53. The quantitative estimate of drug-likeness (QED) is 0.602. The van der Waals surface area contributed by atoms with Crippen molar-refractivity contribution in [3.63, 3.8) is 0 Å². The van der Waals surface area contributed by atoms with Crippen LogP contribution in [-0.4, -0.2) is 22.7 Å². The molecular formula is C9H20OS. The summed E-state index contributed by atoms with van der Waals surface area (Å²) in [5.41, 5.74) is 0. The highest BCUT2D eigenvalue weighted by atomic mass is 32.2. The Bertz CT molecular complexity index is 74.0. The lowest BCUT2D eigenvalue weighted by atomic mass is 10.1. The highest BCUT2D eigenvalue weighted by molar-refractivity contribution is 7.99. The molecule has 0 aromatic carbocycles. The fraction of sp³-hybridized carbons (Fsp3) is 1.00. The molecule has 0 aliphatic rings. The Hall–Kier alpha value is 0.310. The highest BCUT2D eigenvalue weighted by Gasteiger charge is 1.94. The van der Waals surface area contributed by atoms with Gasteiger partial charge in [0.25, 0.3) is 0 Å². The minimum Gasteiger partial charge on any atom is -0.393 e. The van der Waals surface area contributed by atoms with E-state index in [4.69, 9.17) is 5.11 Å². The van der Waals surface area contributed by atoms with Gasteiger partial charge in [0.05, 0.1) is 6.10 Å². The number of hydrogen-bond acceptors (Lipinski definition) is 2. The molecule has 0 heterocycles. The van der Waals surface area contributed by atoms with Crippen LogP contribution >= 0.6 is 11.8 Å². The average molecular weight is 176 g/mol. The molecular weight excluding hydrogens is 156 g/mol. The molecule has 11 heavy (non-hydrogen) atoms. The largest absolute Gasteiger partial charge is 0.393 e. The van der Waals surface area contributed by atoms with E-state index in [2.05, 4.69) is 6.92 Å². The Labute approximate surface area is 74.6 Å². The monoisotopic (exact) mass is 176 g/mol. The predicted molar refractivity (Wildman–Crippen MR) is 53.1 cm³/mol. The van der Waals surface area contributed by atoms with Crippen LogP contribution in [0.5, 0.6) is 0 Å². The van der Waals surface area contributed by atoms with Gasteiger partial charge in [-0.15, -0.1) is 0 Å². The maximum Gasteiger partial charge on any atom is 0.0512 e. The molecule has 1 atom stereocenters. The lowest BCUT2D eigenvalue weighted by Crippen LogP contribution is -1.98. The van der Waals surface area contributed by atoms with E-state index in [0.717, 1.165) is 6.42 Å². The summed E-state index contributed by atoms with van der Waals surface area (Å²) in [5, 5.41) is 8.95. The standard InChI is InChI=1S/C9H20OS/c1-3-11-8-6-4-5-7-9(2)10/h9-10H,3-8H2,1-2H3. The van der Waals surface area contributed by atoms with Crippen molar-refractivity contribution < 1.29 is 5.11 Å². The van der Waals surface area contributed by atoms with Crippen molar-refractivity contribution in [2.24, 2.45) is 0 Å². The third-order valence-corrected chi connectivity index (χ3v) is 2.60. The normalized spacial score (nSPS) is 13.4. The highest BCUT2D eigenvalue weighted by Crippen LogP contribution is 2.07. The zero-order chi connectivity index (χ0) is 8.53. The van der Waals surface area contributed by atoms with E-state index in [9.17, 15) is 0 Å². The SMILES string of the molecule is CCSCCCCCC(C)O. The van der Waals surface area contributed by atoms with Gasteiger partial charge in [0.15, 0.2) is 0 Å². The second-order valence-corrected chi connectivity index (χ2v) is 4.29. The van der Waals surface area contributed by atoms with Gasteiger partial charge in [0.2, 0.25) is 0 Å². The first-order chi connectivity index (χ1) is 5.27. The minimum atomic E-state index is -0.103. The summed E-state index contributed by atoms with van der Waals surface area (Å²) in [4.78, 5) is 0. The van der Waals surface area contributed by atoms with Crippen molar-refractivity contribution >= 4 is 11.8 Å². The summed E-state index contributed by atoms with van der Waals surface area (Å²) in [7, 11) is 0. The van der Waals surface area contributed by atoms with Gasteiger partial charge in [-0.25, -0.2) is 0 Å². The number of thioether (sulfide) groups is 1. The average Bonchev–Trinajstić information content (AvgIpc) is 1.96. The van der Waals surface area contributed by atoms with Crippen molar-refractivity contribution in [2.45, 2.75) is 45.6 Å². The molecule has 0 radical (unpaired) electrons. The topological polar surface area (TPSA) is 20.2 Å². The van der Waals surface area contributed by atoms with Crippen LogP contribution in [0.2, 0.25) is 0 Å². The molecule has 0 aliphatic carbocycles. The Morgan fingerprint density at radius 1 is 1.27 bits per heavy atom. The van der Waals surface area contributed by atoms with Crippen LogP contribution in [0.3, 0.4) is 0 Å². The van der Waals surface area contributed by atoms with E-state index in [0.29, 0.717) is 0 Å². The van der Waals surface area contributed by atoms with Crippen LogP contribution in [0.1, 0.15) is 39.5 Å². The Morgan fingerprint density at radius 2 is 2.00 bits per heavy atom. The van der Waals surface area contributed by atoms with Crippen LogP contribution in [-0.2, 0) is 0 Å². The van der Waals surface area contributed by atoms with Crippen LogP contribution in [0.4, 0.5) is 0 Å². The van der Waals surface area contributed by atoms with Gasteiger partial charge in [-0.3, -0.25) is 0 Å². The smallest absolute Gasteiger partial charge is 0.0512 e. The summed E-state index contributed by atoms with van der Waals surface area (Å²) < 4.78 is 0. The zero-order valence-electron chi connectivity index (χ0n) is 7.68. The second kappa shape index (κ2) is 8.41. The maximum atomic E-state index is 8.95. The maximum absolute atomic E-state index is 8.95. The zero-order valence-corrected chi connectivity index (χ0v) is 8.49. The molecule has 0 aromatic heterocycles. The van der Waals surface area contributed by atoms with Crippen LogP contribution in [0.15, 0.2) is 0 Å². The van der Waals surface area contributed by atoms with E-state index in [1.165, 1.54) is 30.8 Å². The lowest BCUT2D eigenvalue weighted by molar-refractivity contribution is 0.180. The van der Waals surface area contributed by atoms with Gasteiger partial charge in [-0.2, -0.15) is 11.8 Å². The molecule has 0 saturated carbocycles. The van der Waals surface area contributed by atoms with Crippen molar-refractivity contribution in [1.82, 2.24) is 0 Å². The molecule has 1 nitrogen and oxygen atoms in total. The van der Waals surface area contributed by atoms with E-state index in [1.807, 2.05) is 18.7 Å². The fourth-order valence-corrected chi connectivity index (χ4v) is 1.66. The van der Waals surface area contributed by atoms with Gasteiger partial charge in [-0.1, -0.05) is 19.8 Å². The van der Waals surface area contributed by atoms with Gasteiger partial charge in [0, 0.05) is 0 Å². The first-order valence-corrected chi connectivity index (χ1v) is 5.68. The molecule has 0 rings (SSSR count). The molecule has 0 saturated heterocycles. The summed E-state index contributed by atoms with van der Waals surface area (Å²) in [6.45, 7) is 4.06. The van der Waals surface area contributed by atoms with Gasteiger partial charge in [-0.05, 0) is 31.3 Å². The molecule has 68 valence electrons. The van der Waals surface area contributed by atoms with Crippen molar-refractivity contribution in [3.05, 3.63) is 0 Å². The molecule has 2 heteroatoms. The van der Waals surface area contributed by atoms with Gasteiger partial charge in [0.1, 0.15) is 0 Å². The van der Waals surface area contributed by atoms with Gasteiger partial charge < -0.3 is 5.11 Å². The number of hydrogen-bond donors (Lipinski definition) is 1. The molecule has 0 aromatic rings. The van der Waals surface area contributed by atoms with Crippen LogP contribution < -0.4 is 0 Å². The molecule has 0 bridgehead atoms. The Kier molecular flexibility index (Phi) is 8.64.